The zero-order valence-electron chi connectivity index (χ0n) is 16.9. The van der Waals surface area contributed by atoms with Crippen molar-refractivity contribution >= 4 is 30.6 Å². The second-order valence-corrected chi connectivity index (χ2v) is 9.04. The summed E-state index contributed by atoms with van der Waals surface area (Å²) in [4.78, 5) is 14.8. The minimum atomic E-state index is 0. The van der Waals surface area contributed by atoms with Crippen molar-refractivity contribution in [2.75, 3.05) is 44.2 Å². The molecule has 28 heavy (non-hydrogen) atoms. The first-order chi connectivity index (χ1) is 12.8. The number of hydrogen-bond acceptors (Lipinski definition) is 5. The summed E-state index contributed by atoms with van der Waals surface area (Å²) in [5, 5.41) is 3.58. The summed E-state index contributed by atoms with van der Waals surface area (Å²) in [6.07, 6.45) is 13.8. The van der Waals surface area contributed by atoms with E-state index in [-0.39, 0.29) is 24.8 Å². The molecule has 1 saturated carbocycles. The van der Waals surface area contributed by atoms with Crippen LogP contribution in [0.2, 0.25) is 0 Å². The van der Waals surface area contributed by atoms with Gasteiger partial charge in [0.2, 0.25) is 0 Å². The number of aromatic nitrogens is 2. The molecule has 0 bridgehead atoms. The van der Waals surface area contributed by atoms with E-state index in [4.69, 9.17) is 9.97 Å². The maximum absolute atomic E-state index is 4.79. The predicted octanol–water partition coefficient (Wildman–Crippen LogP) is 3.24. The van der Waals surface area contributed by atoms with Crippen LogP contribution in [0.15, 0.2) is 6.33 Å². The van der Waals surface area contributed by atoms with Gasteiger partial charge in [0.15, 0.2) is 0 Å². The first kappa shape index (κ1) is 22.1. The largest absolute Gasteiger partial charge is 0.356 e. The first-order valence-electron chi connectivity index (χ1n) is 10.9. The molecule has 1 N–H and O–H groups in total. The molecule has 4 heterocycles. The van der Waals surface area contributed by atoms with E-state index >= 15 is 0 Å². The van der Waals surface area contributed by atoms with Crippen LogP contribution in [0.1, 0.15) is 56.2 Å². The lowest BCUT2D eigenvalue weighted by Gasteiger charge is -2.33. The Bertz CT molecular complexity index is 644. The molecule has 3 aliphatic heterocycles. The smallest absolute Gasteiger partial charge is 0.135 e. The quantitative estimate of drug-likeness (QED) is 0.784. The van der Waals surface area contributed by atoms with Gasteiger partial charge in [0.25, 0.3) is 0 Å². The van der Waals surface area contributed by atoms with Crippen LogP contribution in [0.25, 0.3) is 0 Å². The number of hydrogen-bond donors (Lipinski definition) is 1. The van der Waals surface area contributed by atoms with Crippen molar-refractivity contribution in [3.05, 3.63) is 17.6 Å². The van der Waals surface area contributed by atoms with E-state index in [1.54, 1.807) is 0 Å². The molecule has 1 aromatic rings. The van der Waals surface area contributed by atoms with Crippen LogP contribution in [0.4, 0.5) is 5.82 Å². The van der Waals surface area contributed by atoms with Gasteiger partial charge in [0, 0.05) is 50.7 Å². The molecule has 2 saturated heterocycles. The highest BCUT2D eigenvalue weighted by Gasteiger charge is 2.41. The van der Waals surface area contributed by atoms with Gasteiger partial charge in [-0.05, 0) is 50.5 Å². The molecule has 1 aromatic heterocycles. The second kappa shape index (κ2) is 9.46. The molecule has 5 nitrogen and oxygen atoms in total. The molecule has 5 rings (SSSR count). The summed E-state index contributed by atoms with van der Waals surface area (Å²) in [5.74, 6) is 1.27. The average molecular weight is 428 g/mol. The molecule has 0 aromatic carbocycles. The van der Waals surface area contributed by atoms with Crippen molar-refractivity contribution < 1.29 is 0 Å². The molecule has 7 heteroatoms. The van der Waals surface area contributed by atoms with Crippen LogP contribution in [0.5, 0.6) is 0 Å². The van der Waals surface area contributed by atoms with Crippen LogP contribution < -0.4 is 10.2 Å². The summed E-state index contributed by atoms with van der Waals surface area (Å²) in [7, 11) is 0. The van der Waals surface area contributed by atoms with Crippen LogP contribution >= 0.6 is 24.8 Å². The monoisotopic (exact) mass is 427 g/mol. The SMILES string of the molecule is Cl.Cl.c1nc2c(c(N3CCC4(CCCC4)C3)n1)CCN(C1CCCNC1)CC2. The Morgan fingerprint density at radius 1 is 0.964 bits per heavy atom. The van der Waals surface area contributed by atoms with Crippen LogP contribution in [-0.2, 0) is 12.8 Å². The Morgan fingerprint density at radius 2 is 1.79 bits per heavy atom. The van der Waals surface area contributed by atoms with E-state index in [9.17, 15) is 0 Å². The Morgan fingerprint density at radius 3 is 2.57 bits per heavy atom. The molecule has 4 aliphatic rings. The molecule has 1 aliphatic carbocycles. The fourth-order valence-corrected chi connectivity index (χ4v) is 5.96. The number of rotatable bonds is 2. The van der Waals surface area contributed by atoms with Gasteiger partial charge in [-0.15, -0.1) is 24.8 Å². The summed E-state index contributed by atoms with van der Waals surface area (Å²) < 4.78 is 0. The Kier molecular flexibility index (Phi) is 7.46. The Labute approximate surface area is 181 Å². The predicted molar refractivity (Wildman–Crippen MR) is 119 cm³/mol. The summed E-state index contributed by atoms with van der Waals surface area (Å²) >= 11 is 0. The molecule has 0 radical (unpaired) electrons. The lowest BCUT2D eigenvalue weighted by atomic mass is 9.86. The molecule has 1 spiro atoms. The molecule has 1 atom stereocenters. The lowest BCUT2D eigenvalue weighted by molar-refractivity contribution is 0.173. The topological polar surface area (TPSA) is 44.3 Å². The number of fused-ring (bicyclic) bond motifs is 1. The van der Waals surface area contributed by atoms with Crippen LogP contribution in [0.3, 0.4) is 0 Å². The number of halogens is 2. The van der Waals surface area contributed by atoms with Gasteiger partial charge in [-0.3, -0.25) is 4.90 Å². The average Bonchev–Trinajstić information content (AvgIpc) is 3.26. The molecule has 1 unspecified atom stereocenters. The van der Waals surface area contributed by atoms with Gasteiger partial charge in [-0.2, -0.15) is 0 Å². The van der Waals surface area contributed by atoms with Crippen molar-refractivity contribution in [1.82, 2.24) is 20.2 Å². The second-order valence-electron chi connectivity index (χ2n) is 9.04. The molecule has 3 fully saturated rings. The van der Waals surface area contributed by atoms with E-state index in [1.165, 1.54) is 88.2 Å². The first-order valence-corrected chi connectivity index (χ1v) is 10.9. The summed E-state index contributed by atoms with van der Waals surface area (Å²) in [6.45, 7) is 7.09. The maximum Gasteiger partial charge on any atom is 0.135 e. The Hall–Kier alpha value is -0.620. The summed E-state index contributed by atoms with van der Waals surface area (Å²) in [5.41, 5.74) is 3.37. The van der Waals surface area contributed by atoms with E-state index in [1.807, 2.05) is 6.33 Å². The van der Waals surface area contributed by atoms with Crippen molar-refractivity contribution in [3.8, 4) is 0 Å². The van der Waals surface area contributed by atoms with Crippen LogP contribution in [0, 0.1) is 5.41 Å². The number of nitrogens with one attached hydrogen (secondary N) is 1. The van der Waals surface area contributed by atoms with Crippen molar-refractivity contribution in [2.24, 2.45) is 5.41 Å². The zero-order chi connectivity index (χ0) is 17.4. The molecule has 0 amide bonds. The highest BCUT2D eigenvalue weighted by Crippen LogP contribution is 2.46. The van der Waals surface area contributed by atoms with Crippen molar-refractivity contribution in [3.63, 3.8) is 0 Å². The zero-order valence-corrected chi connectivity index (χ0v) is 18.5. The summed E-state index contributed by atoms with van der Waals surface area (Å²) in [6, 6.07) is 0.711. The van der Waals surface area contributed by atoms with E-state index < -0.39 is 0 Å². The molecular weight excluding hydrogens is 393 g/mol. The van der Waals surface area contributed by atoms with Crippen molar-refractivity contribution in [2.45, 2.75) is 63.8 Å². The fourth-order valence-electron chi connectivity index (χ4n) is 5.96. The maximum atomic E-state index is 4.79. The van der Waals surface area contributed by atoms with Crippen molar-refractivity contribution in [1.29, 1.82) is 0 Å². The minimum Gasteiger partial charge on any atom is -0.356 e. The van der Waals surface area contributed by atoms with E-state index in [0.29, 0.717) is 11.5 Å². The third kappa shape index (κ3) is 4.28. The normalized spacial score (nSPS) is 27.0. The third-order valence-electron chi connectivity index (χ3n) is 7.49. The van der Waals surface area contributed by atoms with Gasteiger partial charge in [-0.25, -0.2) is 9.97 Å². The van der Waals surface area contributed by atoms with E-state index in [0.717, 1.165) is 25.9 Å². The number of piperidine rings is 1. The fraction of sp³-hybridized carbons (Fsp3) is 0.810. The van der Waals surface area contributed by atoms with Gasteiger partial charge < -0.3 is 10.2 Å². The van der Waals surface area contributed by atoms with Gasteiger partial charge in [-0.1, -0.05) is 12.8 Å². The Balaban J connectivity index is 0.00000112. The highest BCUT2D eigenvalue weighted by atomic mass is 35.5. The minimum absolute atomic E-state index is 0. The third-order valence-corrected chi connectivity index (χ3v) is 7.49. The number of anilines is 1. The number of nitrogens with zero attached hydrogens (tertiary/aromatic N) is 4. The molecular formula is C21H35Cl2N5. The van der Waals surface area contributed by atoms with Gasteiger partial charge >= 0.3 is 0 Å². The standard InChI is InChI=1S/C21H33N5.2ClH/c1-2-8-21(7-1)9-13-26(15-21)20-18-5-11-25(17-4-3-10-22-14-17)12-6-19(18)23-16-24-20;;/h16-17,22H,1-15H2;2*1H. The molecule has 158 valence electrons. The van der Waals surface area contributed by atoms with Gasteiger partial charge in [0.1, 0.15) is 12.1 Å². The lowest BCUT2D eigenvalue weighted by Crippen LogP contribution is -2.46. The highest BCUT2D eigenvalue weighted by molar-refractivity contribution is 5.85. The van der Waals surface area contributed by atoms with E-state index in [2.05, 4.69) is 15.1 Å². The van der Waals surface area contributed by atoms with Crippen LogP contribution in [-0.4, -0.2) is 60.2 Å². The van der Waals surface area contributed by atoms with Gasteiger partial charge in [0.05, 0.1) is 5.69 Å².